The lowest BCUT2D eigenvalue weighted by Crippen LogP contribution is -2.19. The Morgan fingerprint density at radius 2 is 1.70 bits per heavy atom. The standard InChI is InChI=1S/C25H20F2N4OS/c1-2-16-31-23(20-10-6-7-11-21(20)27)29-30-25(31)33-22(17-8-4-3-5-9-17)24(32)28-19-14-12-18(26)13-15-19/h2-15,22H,1,16H2,(H,28,32). The van der Waals surface area contributed by atoms with E-state index < -0.39 is 11.1 Å². The molecule has 33 heavy (non-hydrogen) atoms. The fraction of sp³-hybridized carbons (Fsp3) is 0.0800. The van der Waals surface area contributed by atoms with Gasteiger partial charge in [-0.1, -0.05) is 60.3 Å². The number of thioether (sulfide) groups is 1. The van der Waals surface area contributed by atoms with Crippen LogP contribution in [0.15, 0.2) is 96.7 Å². The number of carbonyl (C=O) groups is 1. The molecule has 3 aromatic carbocycles. The minimum atomic E-state index is -0.683. The first kappa shape index (κ1) is 22.4. The zero-order chi connectivity index (χ0) is 23.2. The van der Waals surface area contributed by atoms with Crippen molar-refractivity contribution in [1.82, 2.24) is 14.8 Å². The Hall–Kier alpha value is -3.78. The summed E-state index contributed by atoms with van der Waals surface area (Å²) in [6.45, 7) is 4.11. The van der Waals surface area contributed by atoms with Gasteiger partial charge in [0, 0.05) is 12.2 Å². The highest BCUT2D eigenvalue weighted by atomic mass is 32.2. The molecule has 8 heteroatoms. The molecule has 1 amide bonds. The molecule has 4 rings (SSSR count). The molecule has 0 aliphatic carbocycles. The summed E-state index contributed by atoms with van der Waals surface area (Å²) in [7, 11) is 0. The molecule has 4 aromatic rings. The molecule has 166 valence electrons. The van der Waals surface area contributed by atoms with Crippen molar-refractivity contribution < 1.29 is 13.6 Å². The first-order valence-electron chi connectivity index (χ1n) is 10.1. The van der Waals surface area contributed by atoms with Crippen LogP contribution in [0, 0.1) is 11.6 Å². The van der Waals surface area contributed by atoms with Gasteiger partial charge in [-0.05, 0) is 42.0 Å². The quantitative estimate of drug-likeness (QED) is 0.262. The van der Waals surface area contributed by atoms with E-state index >= 15 is 0 Å². The van der Waals surface area contributed by atoms with Crippen molar-refractivity contribution >= 4 is 23.4 Å². The zero-order valence-corrected chi connectivity index (χ0v) is 18.3. The van der Waals surface area contributed by atoms with Gasteiger partial charge in [-0.3, -0.25) is 9.36 Å². The van der Waals surface area contributed by atoms with Gasteiger partial charge in [-0.15, -0.1) is 16.8 Å². The van der Waals surface area contributed by atoms with E-state index in [1.807, 2.05) is 30.3 Å². The molecule has 0 saturated carbocycles. The Kier molecular flexibility index (Phi) is 6.95. The molecule has 0 saturated heterocycles. The Morgan fingerprint density at radius 3 is 2.39 bits per heavy atom. The second-order valence-electron chi connectivity index (χ2n) is 7.09. The lowest BCUT2D eigenvalue weighted by molar-refractivity contribution is -0.115. The van der Waals surface area contributed by atoms with Gasteiger partial charge in [0.05, 0.1) is 5.56 Å². The molecule has 0 fully saturated rings. The summed E-state index contributed by atoms with van der Waals surface area (Å²) < 4.78 is 29.4. The van der Waals surface area contributed by atoms with E-state index in [1.54, 1.807) is 28.8 Å². The summed E-state index contributed by atoms with van der Waals surface area (Å²) >= 11 is 1.19. The van der Waals surface area contributed by atoms with Crippen LogP contribution in [0.3, 0.4) is 0 Å². The number of nitrogens with one attached hydrogen (secondary N) is 1. The minimum absolute atomic E-state index is 0.307. The Bertz CT molecular complexity index is 1260. The van der Waals surface area contributed by atoms with Crippen molar-refractivity contribution in [3.05, 3.63) is 109 Å². The maximum atomic E-state index is 14.4. The van der Waals surface area contributed by atoms with E-state index in [0.717, 1.165) is 5.56 Å². The van der Waals surface area contributed by atoms with Crippen LogP contribution in [0.5, 0.6) is 0 Å². The zero-order valence-electron chi connectivity index (χ0n) is 17.5. The summed E-state index contributed by atoms with van der Waals surface area (Å²) in [5.74, 6) is -0.764. The van der Waals surface area contributed by atoms with Crippen molar-refractivity contribution in [2.24, 2.45) is 0 Å². The molecule has 0 aliphatic rings. The summed E-state index contributed by atoms with van der Waals surface area (Å²) in [5, 5.41) is 11.0. The topological polar surface area (TPSA) is 59.8 Å². The summed E-state index contributed by atoms with van der Waals surface area (Å²) in [4.78, 5) is 13.2. The number of carbonyl (C=O) groups excluding carboxylic acids is 1. The van der Waals surface area contributed by atoms with Gasteiger partial charge >= 0.3 is 0 Å². The predicted molar refractivity (Wildman–Crippen MR) is 126 cm³/mol. The van der Waals surface area contributed by atoms with Gasteiger partial charge in [0.1, 0.15) is 16.9 Å². The van der Waals surface area contributed by atoms with Crippen LogP contribution >= 0.6 is 11.8 Å². The van der Waals surface area contributed by atoms with E-state index in [2.05, 4.69) is 22.1 Å². The number of nitrogens with zero attached hydrogens (tertiary/aromatic N) is 3. The molecule has 1 unspecified atom stereocenters. The van der Waals surface area contributed by atoms with Crippen LogP contribution in [0.1, 0.15) is 10.8 Å². The molecule has 5 nitrogen and oxygen atoms in total. The molecule has 0 radical (unpaired) electrons. The van der Waals surface area contributed by atoms with Crippen molar-refractivity contribution in [3.63, 3.8) is 0 Å². The normalized spacial score (nSPS) is 11.7. The average Bonchev–Trinajstić information content (AvgIpc) is 3.22. The van der Waals surface area contributed by atoms with Gasteiger partial charge in [0.25, 0.3) is 0 Å². The van der Waals surface area contributed by atoms with Crippen molar-refractivity contribution in [3.8, 4) is 11.4 Å². The number of allylic oxidation sites excluding steroid dienone is 1. The van der Waals surface area contributed by atoms with E-state index in [4.69, 9.17) is 0 Å². The Labute approximate surface area is 194 Å². The van der Waals surface area contributed by atoms with Crippen LogP contribution < -0.4 is 5.32 Å². The van der Waals surface area contributed by atoms with Crippen LogP contribution in [0.4, 0.5) is 14.5 Å². The first-order chi connectivity index (χ1) is 16.1. The molecule has 0 aliphatic heterocycles. The van der Waals surface area contributed by atoms with E-state index in [0.29, 0.717) is 28.8 Å². The number of hydrogen-bond donors (Lipinski definition) is 1. The molecule has 1 aromatic heterocycles. The maximum Gasteiger partial charge on any atom is 0.242 e. The Balaban J connectivity index is 1.69. The van der Waals surface area contributed by atoms with Crippen molar-refractivity contribution in [2.45, 2.75) is 17.0 Å². The largest absolute Gasteiger partial charge is 0.325 e. The summed E-state index contributed by atoms with van der Waals surface area (Å²) in [6.07, 6.45) is 1.66. The minimum Gasteiger partial charge on any atom is -0.325 e. The van der Waals surface area contributed by atoms with Crippen molar-refractivity contribution in [1.29, 1.82) is 0 Å². The third kappa shape index (κ3) is 5.18. The lowest BCUT2D eigenvalue weighted by atomic mass is 10.1. The van der Waals surface area contributed by atoms with E-state index in [-0.39, 0.29) is 11.7 Å². The highest BCUT2D eigenvalue weighted by Gasteiger charge is 2.26. The number of anilines is 1. The summed E-state index contributed by atoms with van der Waals surface area (Å²) in [6, 6.07) is 21.1. The van der Waals surface area contributed by atoms with Crippen LogP contribution in [0.2, 0.25) is 0 Å². The van der Waals surface area contributed by atoms with Gasteiger partial charge in [0.2, 0.25) is 5.91 Å². The molecular weight excluding hydrogens is 442 g/mol. The second kappa shape index (κ2) is 10.2. The van der Waals surface area contributed by atoms with Crippen LogP contribution in [-0.4, -0.2) is 20.7 Å². The second-order valence-corrected chi connectivity index (χ2v) is 8.16. The van der Waals surface area contributed by atoms with Gasteiger partial charge < -0.3 is 5.32 Å². The van der Waals surface area contributed by atoms with Gasteiger partial charge in [-0.25, -0.2) is 8.78 Å². The predicted octanol–water partition coefficient (Wildman–Crippen LogP) is 5.88. The third-order valence-corrected chi connectivity index (χ3v) is 6.05. The van der Waals surface area contributed by atoms with Crippen LogP contribution in [0.25, 0.3) is 11.4 Å². The van der Waals surface area contributed by atoms with E-state index in [9.17, 15) is 13.6 Å². The number of aromatic nitrogens is 3. The fourth-order valence-corrected chi connectivity index (χ4v) is 4.30. The third-order valence-electron chi connectivity index (χ3n) is 4.82. The van der Waals surface area contributed by atoms with Crippen LogP contribution in [-0.2, 0) is 11.3 Å². The molecule has 0 spiro atoms. The van der Waals surface area contributed by atoms with Crippen molar-refractivity contribution in [2.75, 3.05) is 5.32 Å². The number of hydrogen-bond acceptors (Lipinski definition) is 4. The van der Waals surface area contributed by atoms with E-state index in [1.165, 1.54) is 42.1 Å². The molecular formula is C25H20F2N4OS. The number of rotatable bonds is 8. The SMILES string of the molecule is C=CCn1c(SC(C(=O)Nc2ccc(F)cc2)c2ccccc2)nnc1-c1ccccc1F. The van der Waals surface area contributed by atoms with Gasteiger partial charge in [0.15, 0.2) is 11.0 Å². The molecule has 0 bridgehead atoms. The maximum absolute atomic E-state index is 14.4. The smallest absolute Gasteiger partial charge is 0.242 e. The lowest BCUT2D eigenvalue weighted by Gasteiger charge is -2.17. The molecule has 1 N–H and O–H groups in total. The highest BCUT2D eigenvalue weighted by Crippen LogP contribution is 2.37. The molecule has 1 heterocycles. The average molecular weight is 463 g/mol. The summed E-state index contributed by atoms with van der Waals surface area (Å²) in [5.41, 5.74) is 1.54. The first-order valence-corrected chi connectivity index (χ1v) is 11.0. The molecule has 1 atom stereocenters. The van der Waals surface area contributed by atoms with Gasteiger partial charge in [-0.2, -0.15) is 0 Å². The highest BCUT2D eigenvalue weighted by molar-refractivity contribution is 8.00. The number of halogens is 2. The monoisotopic (exact) mass is 462 g/mol. The fourth-order valence-electron chi connectivity index (χ4n) is 3.26. The number of benzene rings is 3. The number of amides is 1. The Morgan fingerprint density at radius 1 is 1.00 bits per heavy atom.